The van der Waals surface area contributed by atoms with Crippen molar-refractivity contribution in [2.75, 3.05) is 19.7 Å². The van der Waals surface area contributed by atoms with Gasteiger partial charge >= 0.3 is 5.97 Å². The van der Waals surface area contributed by atoms with Crippen LogP contribution in [0.4, 0.5) is 0 Å². The summed E-state index contributed by atoms with van der Waals surface area (Å²) in [6, 6.07) is 7.54. The third kappa shape index (κ3) is 5.42. The van der Waals surface area contributed by atoms with Gasteiger partial charge in [0.05, 0.1) is 13.0 Å². The molecule has 0 aromatic heterocycles. The Morgan fingerprint density at radius 1 is 1.26 bits per heavy atom. The summed E-state index contributed by atoms with van der Waals surface area (Å²) in [4.78, 5) is 23.6. The van der Waals surface area contributed by atoms with E-state index in [0.717, 1.165) is 5.56 Å². The summed E-state index contributed by atoms with van der Waals surface area (Å²) in [5.41, 5.74) is 1.14. The number of aryl methyl sites for hydroxylation is 1. The molecule has 0 fully saturated rings. The van der Waals surface area contributed by atoms with Crippen molar-refractivity contribution in [3.05, 3.63) is 29.8 Å². The zero-order chi connectivity index (χ0) is 14.3. The van der Waals surface area contributed by atoms with Gasteiger partial charge in [0.25, 0.3) is 0 Å². The Labute approximate surface area is 112 Å². The van der Waals surface area contributed by atoms with Gasteiger partial charge in [0.1, 0.15) is 12.3 Å². The molecule has 0 radical (unpaired) electrons. The van der Waals surface area contributed by atoms with Crippen molar-refractivity contribution in [1.82, 2.24) is 4.90 Å². The molecule has 0 aliphatic rings. The minimum Gasteiger partial charge on any atom is -0.493 e. The first-order valence-electron chi connectivity index (χ1n) is 6.22. The number of amides is 1. The number of ether oxygens (including phenoxy) is 1. The van der Waals surface area contributed by atoms with Gasteiger partial charge in [-0.1, -0.05) is 17.7 Å². The van der Waals surface area contributed by atoms with Gasteiger partial charge in [-0.25, -0.2) is 0 Å². The van der Waals surface area contributed by atoms with Gasteiger partial charge in [0.2, 0.25) is 5.91 Å². The van der Waals surface area contributed by atoms with Crippen LogP contribution in [0.5, 0.6) is 5.75 Å². The largest absolute Gasteiger partial charge is 0.493 e. The van der Waals surface area contributed by atoms with E-state index < -0.39 is 5.97 Å². The fourth-order valence-corrected chi connectivity index (χ4v) is 1.59. The van der Waals surface area contributed by atoms with E-state index in [2.05, 4.69) is 0 Å². The number of likely N-dealkylation sites (N-methyl/N-ethyl adjacent to an activating group) is 1. The maximum Gasteiger partial charge on any atom is 0.323 e. The topological polar surface area (TPSA) is 66.8 Å². The van der Waals surface area contributed by atoms with Crippen LogP contribution in [-0.2, 0) is 9.59 Å². The molecule has 0 saturated heterocycles. The molecular weight excluding hydrogens is 246 g/mol. The highest BCUT2D eigenvalue weighted by molar-refractivity contribution is 5.81. The quantitative estimate of drug-likeness (QED) is 0.814. The zero-order valence-electron chi connectivity index (χ0n) is 11.3. The Hall–Kier alpha value is -2.04. The Morgan fingerprint density at radius 2 is 1.89 bits per heavy atom. The normalized spacial score (nSPS) is 10.0. The first-order valence-corrected chi connectivity index (χ1v) is 6.22. The van der Waals surface area contributed by atoms with Crippen molar-refractivity contribution in [3.63, 3.8) is 0 Å². The highest BCUT2D eigenvalue weighted by atomic mass is 16.5. The highest BCUT2D eigenvalue weighted by Crippen LogP contribution is 2.11. The Kier molecular flexibility index (Phi) is 5.85. The molecule has 1 aromatic rings. The van der Waals surface area contributed by atoms with Crippen LogP contribution in [0.15, 0.2) is 24.3 Å². The summed E-state index contributed by atoms with van der Waals surface area (Å²) >= 11 is 0. The van der Waals surface area contributed by atoms with E-state index in [9.17, 15) is 9.59 Å². The van der Waals surface area contributed by atoms with Crippen molar-refractivity contribution in [2.45, 2.75) is 20.3 Å². The highest BCUT2D eigenvalue weighted by Gasteiger charge is 2.14. The maximum atomic E-state index is 11.7. The lowest BCUT2D eigenvalue weighted by molar-refractivity contribution is -0.144. The van der Waals surface area contributed by atoms with Crippen LogP contribution >= 0.6 is 0 Å². The molecule has 0 heterocycles. The number of carboxylic acids is 1. The Morgan fingerprint density at radius 3 is 2.42 bits per heavy atom. The van der Waals surface area contributed by atoms with Crippen molar-refractivity contribution < 1.29 is 19.4 Å². The molecule has 1 rings (SSSR count). The minimum absolute atomic E-state index is 0.176. The van der Waals surface area contributed by atoms with E-state index >= 15 is 0 Å². The van der Waals surface area contributed by atoms with Gasteiger partial charge in [0, 0.05) is 6.54 Å². The van der Waals surface area contributed by atoms with Crippen LogP contribution in [0.3, 0.4) is 0 Å². The van der Waals surface area contributed by atoms with E-state index in [4.69, 9.17) is 9.84 Å². The average Bonchev–Trinajstić information content (AvgIpc) is 2.38. The number of aliphatic carboxylic acids is 1. The molecule has 1 aromatic carbocycles. The number of nitrogens with zero attached hydrogens (tertiary/aromatic N) is 1. The summed E-state index contributed by atoms with van der Waals surface area (Å²) in [5.74, 6) is -0.508. The summed E-state index contributed by atoms with van der Waals surface area (Å²) < 4.78 is 5.44. The van der Waals surface area contributed by atoms with Crippen molar-refractivity contribution in [2.24, 2.45) is 0 Å². The fraction of sp³-hybridized carbons (Fsp3) is 0.429. The van der Waals surface area contributed by atoms with Gasteiger partial charge < -0.3 is 14.7 Å². The molecule has 0 spiro atoms. The van der Waals surface area contributed by atoms with Crippen LogP contribution in [0, 0.1) is 6.92 Å². The van der Waals surface area contributed by atoms with Crippen molar-refractivity contribution in [1.29, 1.82) is 0 Å². The van der Waals surface area contributed by atoms with Gasteiger partial charge in [0.15, 0.2) is 0 Å². The lowest BCUT2D eigenvalue weighted by atomic mass is 10.2. The molecular formula is C14H19NO4. The number of benzene rings is 1. The van der Waals surface area contributed by atoms with Crippen molar-refractivity contribution >= 4 is 11.9 Å². The van der Waals surface area contributed by atoms with E-state index in [0.29, 0.717) is 12.3 Å². The number of carboxylic acid groups (broad SMARTS) is 1. The second-order valence-corrected chi connectivity index (χ2v) is 4.21. The van der Waals surface area contributed by atoms with E-state index in [1.165, 1.54) is 4.90 Å². The second kappa shape index (κ2) is 7.41. The van der Waals surface area contributed by atoms with Gasteiger partial charge in [-0.2, -0.15) is 0 Å². The molecule has 0 saturated carbocycles. The lowest BCUT2D eigenvalue weighted by Crippen LogP contribution is -2.36. The molecule has 104 valence electrons. The predicted octanol–water partition coefficient (Wildman–Crippen LogP) is 1.70. The van der Waals surface area contributed by atoms with Gasteiger partial charge in [-0.15, -0.1) is 0 Å². The standard InChI is InChI=1S/C14H19NO4/c1-3-15(10-14(17)18)13(16)8-9-19-12-6-4-11(2)5-7-12/h4-7H,3,8-10H2,1-2H3,(H,17,18). The van der Waals surface area contributed by atoms with Crippen LogP contribution in [0.2, 0.25) is 0 Å². The predicted molar refractivity (Wildman–Crippen MR) is 71.2 cm³/mol. The molecule has 0 aliphatic heterocycles. The monoisotopic (exact) mass is 265 g/mol. The summed E-state index contributed by atoms with van der Waals surface area (Å²) in [6.07, 6.45) is 0.176. The third-order valence-corrected chi connectivity index (χ3v) is 2.67. The number of rotatable bonds is 7. The van der Waals surface area contributed by atoms with Gasteiger partial charge in [-0.05, 0) is 26.0 Å². The molecule has 0 unspecified atom stereocenters. The fourth-order valence-electron chi connectivity index (χ4n) is 1.59. The molecule has 19 heavy (non-hydrogen) atoms. The van der Waals surface area contributed by atoms with E-state index in [1.807, 2.05) is 31.2 Å². The molecule has 1 amide bonds. The van der Waals surface area contributed by atoms with E-state index in [1.54, 1.807) is 6.92 Å². The number of carbonyl (C=O) groups excluding carboxylic acids is 1. The average molecular weight is 265 g/mol. The zero-order valence-corrected chi connectivity index (χ0v) is 11.3. The molecule has 5 nitrogen and oxygen atoms in total. The Bertz CT molecular complexity index is 428. The molecule has 5 heteroatoms. The minimum atomic E-state index is -1.00. The number of hydrogen-bond donors (Lipinski definition) is 1. The number of carbonyl (C=O) groups is 2. The smallest absolute Gasteiger partial charge is 0.323 e. The SMILES string of the molecule is CCN(CC(=O)O)C(=O)CCOc1ccc(C)cc1. The second-order valence-electron chi connectivity index (χ2n) is 4.21. The summed E-state index contributed by atoms with van der Waals surface area (Å²) in [7, 11) is 0. The van der Waals surface area contributed by atoms with Crippen LogP contribution < -0.4 is 4.74 Å². The summed E-state index contributed by atoms with van der Waals surface area (Å²) in [5, 5.41) is 8.67. The molecule has 1 N–H and O–H groups in total. The Balaban J connectivity index is 2.37. The first kappa shape index (κ1) is 15.0. The lowest BCUT2D eigenvalue weighted by Gasteiger charge is -2.18. The summed E-state index contributed by atoms with van der Waals surface area (Å²) in [6.45, 7) is 4.10. The third-order valence-electron chi connectivity index (χ3n) is 2.67. The first-order chi connectivity index (χ1) is 9.02. The van der Waals surface area contributed by atoms with Crippen LogP contribution in [-0.4, -0.2) is 41.6 Å². The van der Waals surface area contributed by atoms with Crippen LogP contribution in [0.25, 0.3) is 0 Å². The molecule has 0 atom stereocenters. The molecule has 0 bridgehead atoms. The maximum absolute atomic E-state index is 11.7. The van der Waals surface area contributed by atoms with E-state index in [-0.39, 0.29) is 25.5 Å². The van der Waals surface area contributed by atoms with Crippen molar-refractivity contribution in [3.8, 4) is 5.75 Å². The van der Waals surface area contributed by atoms with Gasteiger partial charge in [-0.3, -0.25) is 9.59 Å². The van der Waals surface area contributed by atoms with Crippen LogP contribution in [0.1, 0.15) is 18.9 Å². The number of hydrogen-bond acceptors (Lipinski definition) is 3. The molecule has 0 aliphatic carbocycles.